The molecular formula is C24H24FN3O3S. The summed E-state index contributed by atoms with van der Waals surface area (Å²) < 4.78 is 18.6. The van der Waals surface area contributed by atoms with E-state index in [1.807, 2.05) is 10.3 Å². The van der Waals surface area contributed by atoms with E-state index in [1.165, 1.54) is 23.5 Å². The monoisotopic (exact) mass is 453 g/mol. The van der Waals surface area contributed by atoms with Gasteiger partial charge in [-0.3, -0.25) is 9.59 Å². The van der Waals surface area contributed by atoms with Gasteiger partial charge in [0.1, 0.15) is 23.2 Å². The van der Waals surface area contributed by atoms with Crippen molar-refractivity contribution in [1.82, 2.24) is 9.88 Å². The largest absolute Gasteiger partial charge is 0.486 e. The molecular weight excluding hydrogens is 429 g/mol. The highest BCUT2D eigenvalue weighted by Gasteiger charge is 2.21. The number of para-hydroxylation sites is 1. The fraction of sp³-hybridized carbons (Fsp3) is 0.292. The lowest BCUT2D eigenvalue weighted by molar-refractivity contribution is -0.115. The molecule has 1 aromatic heterocycles. The summed E-state index contributed by atoms with van der Waals surface area (Å²) in [5, 5.41) is 5.40. The zero-order chi connectivity index (χ0) is 22.3. The molecule has 0 atom stereocenters. The van der Waals surface area contributed by atoms with Crippen molar-refractivity contribution in [1.29, 1.82) is 0 Å². The summed E-state index contributed by atoms with van der Waals surface area (Å²) in [4.78, 5) is 31.8. The third-order valence-corrected chi connectivity index (χ3v) is 6.06. The van der Waals surface area contributed by atoms with Gasteiger partial charge in [-0.25, -0.2) is 9.37 Å². The van der Waals surface area contributed by atoms with Gasteiger partial charge >= 0.3 is 0 Å². The van der Waals surface area contributed by atoms with Gasteiger partial charge < -0.3 is 15.0 Å². The molecule has 2 heterocycles. The van der Waals surface area contributed by atoms with Crippen molar-refractivity contribution in [3.8, 4) is 5.75 Å². The van der Waals surface area contributed by atoms with Crippen molar-refractivity contribution in [3.05, 3.63) is 76.0 Å². The second kappa shape index (κ2) is 10.4. The van der Waals surface area contributed by atoms with Crippen LogP contribution in [0.15, 0.2) is 53.9 Å². The number of ether oxygens (including phenoxy) is 1. The molecule has 1 aliphatic heterocycles. The lowest BCUT2D eigenvalue weighted by atomic mass is 10.1. The number of piperidine rings is 1. The van der Waals surface area contributed by atoms with Crippen molar-refractivity contribution in [2.24, 2.45) is 0 Å². The first-order valence-corrected chi connectivity index (χ1v) is 11.5. The zero-order valence-electron chi connectivity index (χ0n) is 17.6. The molecule has 1 aliphatic rings. The Labute approximate surface area is 190 Å². The first-order valence-electron chi connectivity index (χ1n) is 10.6. The van der Waals surface area contributed by atoms with E-state index in [2.05, 4.69) is 10.3 Å². The lowest BCUT2D eigenvalue weighted by Crippen LogP contribution is -2.36. The number of anilines is 1. The maximum Gasteiger partial charge on any atom is 0.255 e. The van der Waals surface area contributed by atoms with E-state index in [1.54, 1.807) is 36.4 Å². The highest BCUT2D eigenvalue weighted by Crippen LogP contribution is 2.21. The molecule has 2 amide bonds. The minimum atomic E-state index is -0.320. The van der Waals surface area contributed by atoms with Crippen LogP contribution in [0, 0.1) is 5.82 Å². The number of carbonyl (C=O) groups is 2. The smallest absolute Gasteiger partial charge is 0.255 e. The molecule has 4 rings (SSSR count). The number of nitrogens with zero attached hydrogens (tertiary/aromatic N) is 2. The van der Waals surface area contributed by atoms with Gasteiger partial charge in [0, 0.05) is 18.5 Å². The van der Waals surface area contributed by atoms with Gasteiger partial charge in [0.05, 0.1) is 23.4 Å². The topological polar surface area (TPSA) is 71.5 Å². The Hall–Kier alpha value is -3.26. The Kier molecular flexibility index (Phi) is 7.11. The predicted octanol–water partition coefficient (Wildman–Crippen LogP) is 4.67. The predicted molar refractivity (Wildman–Crippen MR) is 121 cm³/mol. The number of benzene rings is 2. The summed E-state index contributed by atoms with van der Waals surface area (Å²) in [6.07, 6.45) is 3.26. The van der Waals surface area contributed by atoms with Gasteiger partial charge in [-0.1, -0.05) is 12.1 Å². The van der Waals surface area contributed by atoms with Crippen molar-refractivity contribution in [2.45, 2.75) is 32.3 Å². The van der Waals surface area contributed by atoms with E-state index in [-0.39, 0.29) is 30.7 Å². The van der Waals surface area contributed by atoms with Crippen molar-refractivity contribution >= 4 is 28.8 Å². The number of amides is 2. The van der Waals surface area contributed by atoms with Crippen LogP contribution in [0.1, 0.15) is 40.3 Å². The fourth-order valence-electron chi connectivity index (χ4n) is 3.58. The molecule has 1 fully saturated rings. The van der Waals surface area contributed by atoms with Crippen LogP contribution in [-0.4, -0.2) is 34.8 Å². The third-order valence-electron chi connectivity index (χ3n) is 5.19. The molecule has 2 aromatic carbocycles. The SMILES string of the molecule is O=C(Cc1csc(COc2ccc(F)cc2)n1)Nc1ccccc1C(=O)N1CCCCC1. The number of rotatable bonds is 7. The van der Waals surface area contributed by atoms with E-state index in [9.17, 15) is 14.0 Å². The zero-order valence-corrected chi connectivity index (χ0v) is 18.4. The second-order valence-electron chi connectivity index (χ2n) is 7.60. The summed E-state index contributed by atoms with van der Waals surface area (Å²) in [5.74, 6) is -0.0512. The first-order chi connectivity index (χ1) is 15.6. The van der Waals surface area contributed by atoms with E-state index in [0.29, 0.717) is 22.7 Å². The average Bonchev–Trinajstić information content (AvgIpc) is 3.26. The molecule has 8 heteroatoms. The molecule has 32 heavy (non-hydrogen) atoms. The van der Waals surface area contributed by atoms with Gasteiger partial charge in [-0.05, 0) is 55.7 Å². The highest BCUT2D eigenvalue weighted by atomic mass is 32.1. The molecule has 0 radical (unpaired) electrons. The van der Waals surface area contributed by atoms with Crippen LogP contribution >= 0.6 is 11.3 Å². The van der Waals surface area contributed by atoms with E-state index in [0.717, 1.165) is 37.4 Å². The normalized spacial score (nSPS) is 13.6. The van der Waals surface area contributed by atoms with Gasteiger partial charge in [0.25, 0.3) is 5.91 Å². The van der Waals surface area contributed by atoms with Crippen LogP contribution in [0.5, 0.6) is 5.75 Å². The summed E-state index contributed by atoms with van der Waals surface area (Å²) in [5.41, 5.74) is 1.66. The number of hydrogen-bond acceptors (Lipinski definition) is 5. The molecule has 1 N–H and O–H groups in total. The van der Waals surface area contributed by atoms with Crippen molar-refractivity contribution in [2.75, 3.05) is 18.4 Å². The van der Waals surface area contributed by atoms with Crippen LogP contribution in [-0.2, 0) is 17.8 Å². The Morgan fingerprint density at radius 2 is 1.81 bits per heavy atom. The molecule has 1 saturated heterocycles. The van der Waals surface area contributed by atoms with E-state index < -0.39 is 0 Å². The molecule has 3 aromatic rings. The maximum atomic E-state index is 13.0. The molecule has 0 bridgehead atoms. The number of aromatic nitrogens is 1. The van der Waals surface area contributed by atoms with Crippen molar-refractivity contribution in [3.63, 3.8) is 0 Å². The average molecular weight is 454 g/mol. The van der Waals surface area contributed by atoms with Crippen LogP contribution in [0.4, 0.5) is 10.1 Å². The van der Waals surface area contributed by atoms with Gasteiger partial charge in [-0.15, -0.1) is 11.3 Å². The number of likely N-dealkylation sites (tertiary alicyclic amines) is 1. The Morgan fingerprint density at radius 1 is 1.06 bits per heavy atom. The van der Waals surface area contributed by atoms with Crippen LogP contribution in [0.3, 0.4) is 0 Å². The first kappa shape index (κ1) is 22.0. The van der Waals surface area contributed by atoms with Crippen molar-refractivity contribution < 1.29 is 18.7 Å². The molecule has 0 aliphatic carbocycles. The van der Waals surface area contributed by atoms with E-state index >= 15 is 0 Å². The van der Waals surface area contributed by atoms with Crippen LogP contribution in [0.2, 0.25) is 0 Å². The molecule has 166 valence electrons. The molecule has 0 spiro atoms. The van der Waals surface area contributed by atoms with Crippen LogP contribution < -0.4 is 10.1 Å². The Balaban J connectivity index is 1.34. The third kappa shape index (κ3) is 5.70. The fourth-order valence-corrected chi connectivity index (χ4v) is 4.28. The Morgan fingerprint density at radius 3 is 2.59 bits per heavy atom. The standard InChI is InChI=1S/C24H24FN3O3S/c25-17-8-10-19(11-9-17)31-15-23-26-18(16-32-23)14-22(29)27-21-7-3-2-6-20(21)24(30)28-12-4-1-5-13-28/h2-3,6-11,16H,1,4-5,12-15H2,(H,27,29). The summed E-state index contributed by atoms with van der Waals surface area (Å²) in [7, 11) is 0. The summed E-state index contributed by atoms with van der Waals surface area (Å²) in [6.45, 7) is 1.75. The minimum absolute atomic E-state index is 0.0468. The van der Waals surface area contributed by atoms with E-state index in [4.69, 9.17) is 4.74 Å². The molecule has 0 unspecified atom stereocenters. The van der Waals surface area contributed by atoms with Gasteiger partial charge in [0.2, 0.25) is 5.91 Å². The second-order valence-corrected chi connectivity index (χ2v) is 8.54. The van der Waals surface area contributed by atoms with Gasteiger partial charge in [0.15, 0.2) is 0 Å². The quantitative estimate of drug-likeness (QED) is 0.564. The number of hydrogen-bond donors (Lipinski definition) is 1. The number of thiazole rings is 1. The summed E-state index contributed by atoms with van der Waals surface area (Å²) >= 11 is 1.40. The highest BCUT2D eigenvalue weighted by molar-refractivity contribution is 7.09. The number of carbonyl (C=O) groups excluding carboxylic acids is 2. The summed E-state index contributed by atoms with van der Waals surface area (Å²) in [6, 6.07) is 12.9. The molecule has 6 nitrogen and oxygen atoms in total. The molecule has 0 saturated carbocycles. The van der Waals surface area contributed by atoms with Crippen LogP contribution in [0.25, 0.3) is 0 Å². The number of nitrogens with one attached hydrogen (secondary N) is 1. The minimum Gasteiger partial charge on any atom is -0.486 e. The Bertz CT molecular complexity index is 1080. The maximum absolute atomic E-state index is 13.0. The van der Waals surface area contributed by atoms with Gasteiger partial charge in [-0.2, -0.15) is 0 Å². The number of halogens is 1. The lowest BCUT2D eigenvalue weighted by Gasteiger charge is -2.27.